The Morgan fingerprint density at radius 2 is 1.90 bits per heavy atom. The number of nitrogens with two attached hydrogens (primary N) is 1. The van der Waals surface area contributed by atoms with Gasteiger partial charge in [-0.3, -0.25) is 4.57 Å². The van der Waals surface area contributed by atoms with E-state index < -0.39 is 0 Å². The van der Waals surface area contributed by atoms with Gasteiger partial charge in [0.2, 0.25) is 17.8 Å². The standard InChI is InChI=1S/C12H18N8/c1-18-4-2-5-19(8-7-18)11-15-10(13)16-12(17-11)20-6-3-14-9-20/h3,6,9H,2,4-5,7-8H2,1H3,(H2,13,15,16,17). The third kappa shape index (κ3) is 2.69. The van der Waals surface area contributed by atoms with Gasteiger partial charge in [-0.25, -0.2) is 4.98 Å². The third-order valence-electron chi connectivity index (χ3n) is 3.37. The molecule has 2 aromatic heterocycles. The molecule has 0 saturated carbocycles. The molecule has 1 aliphatic heterocycles. The van der Waals surface area contributed by atoms with Gasteiger partial charge in [0, 0.05) is 32.0 Å². The predicted octanol–water partition coefficient (Wildman–Crippen LogP) is -0.219. The molecule has 2 N–H and O–H groups in total. The summed E-state index contributed by atoms with van der Waals surface area (Å²) in [4.78, 5) is 21.4. The number of anilines is 2. The second kappa shape index (κ2) is 5.41. The fourth-order valence-electron chi connectivity index (χ4n) is 2.25. The minimum atomic E-state index is 0.233. The smallest absolute Gasteiger partial charge is 0.241 e. The van der Waals surface area contributed by atoms with Gasteiger partial charge in [-0.05, 0) is 20.0 Å². The molecule has 8 nitrogen and oxygen atoms in total. The highest BCUT2D eigenvalue weighted by molar-refractivity contribution is 5.38. The van der Waals surface area contributed by atoms with Crippen molar-refractivity contribution >= 4 is 11.9 Å². The molecule has 3 heterocycles. The van der Waals surface area contributed by atoms with Crippen molar-refractivity contribution in [2.45, 2.75) is 6.42 Å². The van der Waals surface area contributed by atoms with E-state index in [0.717, 1.165) is 32.6 Å². The van der Waals surface area contributed by atoms with Crippen LogP contribution in [-0.4, -0.2) is 62.6 Å². The molecule has 0 spiro atoms. The Balaban J connectivity index is 1.89. The van der Waals surface area contributed by atoms with Gasteiger partial charge in [0.25, 0.3) is 0 Å². The molecule has 1 saturated heterocycles. The van der Waals surface area contributed by atoms with E-state index in [0.29, 0.717) is 11.9 Å². The number of rotatable bonds is 2. The molecule has 0 atom stereocenters. The van der Waals surface area contributed by atoms with E-state index in [2.05, 4.69) is 36.8 Å². The second-order valence-corrected chi connectivity index (χ2v) is 4.91. The number of likely N-dealkylation sites (N-methyl/N-ethyl adjacent to an activating group) is 1. The van der Waals surface area contributed by atoms with Crippen LogP contribution in [0.5, 0.6) is 0 Å². The van der Waals surface area contributed by atoms with Crippen LogP contribution in [0.2, 0.25) is 0 Å². The normalized spacial score (nSPS) is 17.1. The Morgan fingerprint density at radius 3 is 2.70 bits per heavy atom. The summed E-state index contributed by atoms with van der Waals surface area (Å²) in [5, 5.41) is 0. The number of nitrogen functional groups attached to an aromatic ring is 1. The van der Waals surface area contributed by atoms with Crippen LogP contribution in [0.15, 0.2) is 18.7 Å². The molecule has 0 aromatic carbocycles. The Hall–Kier alpha value is -2.22. The Kier molecular flexibility index (Phi) is 3.46. The zero-order chi connectivity index (χ0) is 13.9. The first-order valence-electron chi connectivity index (χ1n) is 6.66. The summed E-state index contributed by atoms with van der Waals surface area (Å²) in [7, 11) is 2.13. The average molecular weight is 274 g/mol. The van der Waals surface area contributed by atoms with Crippen LogP contribution in [0.25, 0.3) is 5.95 Å². The van der Waals surface area contributed by atoms with Gasteiger partial charge in [0.15, 0.2) is 0 Å². The van der Waals surface area contributed by atoms with Gasteiger partial charge >= 0.3 is 0 Å². The van der Waals surface area contributed by atoms with E-state index in [1.54, 1.807) is 23.3 Å². The van der Waals surface area contributed by atoms with Crippen molar-refractivity contribution in [3.05, 3.63) is 18.7 Å². The molecule has 1 fully saturated rings. The molecule has 106 valence electrons. The van der Waals surface area contributed by atoms with E-state index in [4.69, 9.17) is 5.73 Å². The quantitative estimate of drug-likeness (QED) is 0.810. The molecule has 3 rings (SSSR count). The van der Waals surface area contributed by atoms with Crippen molar-refractivity contribution in [1.82, 2.24) is 29.4 Å². The Bertz CT molecular complexity index is 567. The molecule has 2 aromatic rings. The summed E-state index contributed by atoms with van der Waals surface area (Å²) < 4.78 is 1.73. The van der Waals surface area contributed by atoms with Crippen molar-refractivity contribution in [3.63, 3.8) is 0 Å². The van der Waals surface area contributed by atoms with Gasteiger partial charge in [0.05, 0.1) is 0 Å². The SMILES string of the molecule is CN1CCCN(c2nc(N)nc(-n3ccnc3)n2)CC1. The molecule has 0 amide bonds. The number of aromatic nitrogens is 5. The maximum Gasteiger partial charge on any atom is 0.241 e. The lowest BCUT2D eigenvalue weighted by Crippen LogP contribution is -2.30. The topological polar surface area (TPSA) is 89.0 Å². The maximum absolute atomic E-state index is 5.81. The van der Waals surface area contributed by atoms with Crippen LogP contribution in [0.1, 0.15) is 6.42 Å². The maximum atomic E-state index is 5.81. The van der Waals surface area contributed by atoms with E-state index in [1.807, 2.05) is 0 Å². The van der Waals surface area contributed by atoms with Gasteiger partial charge in [-0.15, -0.1) is 0 Å². The first kappa shape index (κ1) is 12.8. The molecule has 0 unspecified atom stereocenters. The molecule has 1 aliphatic rings. The van der Waals surface area contributed by atoms with Crippen molar-refractivity contribution < 1.29 is 0 Å². The van der Waals surface area contributed by atoms with Gasteiger partial charge in [-0.2, -0.15) is 15.0 Å². The van der Waals surface area contributed by atoms with E-state index in [1.165, 1.54) is 0 Å². The lowest BCUT2D eigenvalue weighted by molar-refractivity contribution is 0.360. The molecular formula is C12H18N8. The van der Waals surface area contributed by atoms with Gasteiger partial charge in [0.1, 0.15) is 6.33 Å². The van der Waals surface area contributed by atoms with Gasteiger partial charge in [-0.1, -0.05) is 0 Å². The van der Waals surface area contributed by atoms with Crippen LogP contribution in [0.3, 0.4) is 0 Å². The highest BCUT2D eigenvalue weighted by Gasteiger charge is 2.16. The lowest BCUT2D eigenvalue weighted by atomic mass is 10.4. The van der Waals surface area contributed by atoms with Crippen molar-refractivity contribution in [2.24, 2.45) is 0 Å². The first-order chi connectivity index (χ1) is 9.72. The highest BCUT2D eigenvalue weighted by Crippen LogP contribution is 2.13. The number of imidazole rings is 1. The highest BCUT2D eigenvalue weighted by atomic mass is 15.3. The molecule has 0 bridgehead atoms. The molecule has 8 heteroatoms. The Labute approximate surface area is 117 Å². The molecule has 0 aliphatic carbocycles. The van der Waals surface area contributed by atoms with Crippen LogP contribution in [-0.2, 0) is 0 Å². The van der Waals surface area contributed by atoms with Crippen LogP contribution in [0, 0.1) is 0 Å². The fraction of sp³-hybridized carbons (Fsp3) is 0.500. The van der Waals surface area contributed by atoms with E-state index >= 15 is 0 Å². The minimum Gasteiger partial charge on any atom is -0.368 e. The number of hydrogen-bond donors (Lipinski definition) is 1. The van der Waals surface area contributed by atoms with Crippen LogP contribution < -0.4 is 10.6 Å². The average Bonchev–Trinajstić information content (AvgIpc) is 2.88. The Morgan fingerprint density at radius 1 is 1.05 bits per heavy atom. The summed E-state index contributed by atoms with van der Waals surface area (Å²) >= 11 is 0. The summed E-state index contributed by atoms with van der Waals surface area (Å²) in [5.41, 5.74) is 5.81. The predicted molar refractivity (Wildman–Crippen MR) is 75.7 cm³/mol. The summed E-state index contributed by atoms with van der Waals surface area (Å²) in [6.45, 7) is 3.90. The lowest BCUT2D eigenvalue weighted by Gasteiger charge is -2.20. The zero-order valence-electron chi connectivity index (χ0n) is 11.5. The van der Waals surface area contributed by atoms with Crippen molar-refractivity contribution in [1.29, 1.82) is 0 Å². The summed E-state index contributed by atoms with van der Waals surface area (Å²) in [5.74, 6) is 1.37. The molecule has 0 radical (unpaired) electrons. The number of hydrogen-bond acceptors (Lipinski definition) is 7. The summed E-state index contributed by atoms with van der Waals surface area (Å²) in [6, 6.07) is 0. The van der Waals surface area contributed by atoms with Crippen LogP contribution in [0.4, 0.5) is 11.9 Å². The minimum absolute atomic E-state index is 0.233. The van der Waals surface area contributed by atoms with Crippen LogP contribution >= 0.6 is 0 Å². The van der Waals surface area contributed by atoms with Crippen molar-refractivity contribution in [3.8, 4) is 5.95 Å². The van der Waals surface area contributed by atoms with Crippen molar-refractivity contribution in [2.75, 3.05) is 43.9 Å². The van der Waals surface area contributed by atoms with E-state index in [9.17, 15) is 0 Å². The fourth-order valence-corrected chi connectivity index (χ4v) is 2.25. The number of nitrogens with zero attached hydrogens (tertiary/aromatic N) is 7. The summed E-state index contributed by atoms with van der Waals surface area (Å²) in [6.07, 6.45) is 6.20. The monoisotopic (exact) mass is 274 g/mol. The molecular weight excluding hydrogens is 256 g/mol. The largest absolute Gasteiger partial charge is 0.368 e. The molecule has 20 heavy (non-hydrogen) atoms. The second-order valence-electron chi connectivity index (χ2n) is 4.91. The first-order valence-corrected chi connectivity index (χ1v) is 6.66. The third-order valence-corrected chi connectivity index (χ3v) is 3.37. The zero-order valence-corrected chi connectivity index (χ0v) is 11.5. The van der Waals surface area contributed by atoms with Gasteiger partial charge < -0.3 is 15.5 Å². The van der Waals surface area contributed by atoms with E-state index in [-0.39, 0.29) is 5.95 Å².